The quantitative estimate of drug-likeness (QED) is 0.507. The van der Waals surface area contributed by atoms with Crippen LogP contribution in [0, 0.1) is 5.92 Å². The zero-order chi connectivity index (χ0) is 20.8. The predicted molar refractivity (Wildman–Crippen MR) is 120 cm³/mol. The molecule has 1 fully saturated rings. The SMILES string of the molecule is CCNC(=NCC1CCOC1c1ccccc1)NCC1CC(=O)Nc2ccccc21. The molecule has 4 rings (SSSR count). The van der Waals surface area contributed by atoms with E-state index in [0.717, 1.165) is 31.2 Å². The molecule has 2 aromatic carbocycles. The first kappa shape index (κ1) is 20.4. The highest BCUT2D eigenvalue weighted by molar-refractivity contribution is 5.94. The molecule has 3 unspecified atom stereocenters. The number of ether oxygens (including phenoxy) is 1. The van der Waals surface area contributed by atoms with Gasteiger partial charge in [-0.2, -0.15) is 0 Å². The summed E-state index contributed by atoms with van der Waals surface area (Å²) in [5.41, 5.74) is 3.31. The van der Waals surface area contributed by atoms with Gasteiger partial charge in [0.1, 0.15) is 0 Å². The average molecular weight is 407 g/mol. The van der Waals surface area contributed by atoms with Gasteiger partial charge in [-0.15, -0.1) is 0 Å². The molecular weight excluding hydrogens is 376 g/mol. The van der Waals surface area contributed by atoms with E-state index in [-0.39, 0.29) is 17.9 Å². The summed E-state index contributed by atoms with van der Waals surface area (Å²) in [6.45, 7) is 5.00. The lowest BCUT2D eigenvalue weighted by Crippen LogP contribution is -2.41. The normalized spacial score (nSPS) is 23.6. The Morgan fingerprint density at radius 3 is 2.77 bits per heavy atom. The van der Waals surface area contributed by atoms with E-state index >= 15 is 0 Å². The van der Waals surface area contributed by atoms with Crippen LogP contribution in [0.2, 0.25) is 0 Å². The number of para-hydroxylation sites is 1. The van der Waals surface area contributed by atoms with Crippen LogP contribution in [-0.2, 0) is 9.53 Å². The number of carbonyl (C=O) groups is 1. The van der Waals surface area contributed by atoms with Crippen LogP contribution in [0.25, 0.3) is 0 Å². The number of fused-ring (bicyclic) bond motifs is 1. The van der Waals surface area contributed by atoms with Crippen molar-refractivity contribution < 1.29 is 9.53 Å². The monoisotopic (exact) mass is 406 g/mol. The smallest absolute Gasteiger partial charge is 0.225 e. The highest BCUT2D eigenvalue weighted by atomic mass is 16.5. The minimum Gasteiger partial charge on any atom is -0.373 e. The Morgan fingerprint density at radius 2 is 1.93 bits per heavy atom. The fourth-order valence-corrected chi connectivity index (χ4v) is 4.29. The van der Waals surface area contributed by atoms with Gasteiger partial charge in [0.15, 0.2) is 5.96 Å². The summed E-state index contributed by atoms with van der Waals surface area (Å²) in [4.78, 5) is 16.9. The number of benzene rings is 2. The molecule has 0 saturated carbocycles. The summed E-state index contributed by atoms with van der Waals surface area (Å²) < 4.78 is 6.00. The van der Waals surface area contributed by atoms with Crippen LogP contribution in [0.15, 0.2) is 59.6 Å². The maximum Gasteiger partial charge on any atom is 0.225 e. The molecule has 2 heterocycles. The molecule has 3 atom stereocenters. The van der Waals surface area contributed by atoms with Crippen molar-refractivity contribution in [3.63, 3.8) is 0 Å². The maximum atomic E-state index is 12.1. The van der Waals surface area contributed by atoms with Crippen molar-refractivity contribution >= 4 is 17.6 Å². The highest BCUT2D eigenvalue weighted by Crippen LogP contribution is 2.34. The van der Waals surface area contributed by atoms with Crippen molar-refractivity contribution in [1.29, 1.82) is 0 Å². The Balaban J connectivity index is 1.40. The highest BCUT2D eigenvalue weighted by Gasteiger charge is 2.29. The number of aliphatic imine (C=N–C) groups is 1. The van der Waals surface area contributed by atoms with Gasteiger partial charge in [-0.25, -0.2) is 0 Å². The lowest BCUT2D eigenvalue weighted by atomic mass is 9.90. The molecule has 6 heteroatoms. The van der Waals surface area contributed by atoms with Gasteiger partial charge in [-0.1, -0.05) is 48.5 Å². The molecular formula is C24H30N4O2. The summed E-state index contributed by atoms with van der Waals surface area (Å²) >= 11 is 0. The maximum absolute atomic E-state index is 12.1. The summed E-state index contributed by atoms with van der Waals surface area (Å²) in [5, 5.41) is 9.74. The number of anilines is 1. The second kappa shape index (κ2) is 9.76. The zero-order valence-corrected chi connectivity index (χ0v) is 17.4. The minimum absolute atomic E-state index is 0.0660. The molecule has 158 valence electrons. The van der Waals surface area contributed by atoms with E-state index in [2.05, 4.69) is 53.2 Å². The Kier molecular flexibility index (Phi) is 6.64. The van der Waals surface area contributed by atoms with Gasteiger partial charge in [0, 0.05) is 50.2 Å². The van der Waals surface area contributed by atoms with Gasteiger partial charge in [0.05, 0.1) is 6.10 Å². The molecule has 0 bridgehead atoms. The molecule has 0 aliphatic carbocycles. The van der Waals surface area contributed by atoms with Gasteiger partial charge in [0.2, 0.25) is 5.91 Å². The Hall–Kier alpha value is -2.86. The fourth-order valence-electron chi connectivity index (χ4n) is 4.29. The van der Waals surface area contributed by atoms with E-state index in [1.54, 1.807) is 0 Å². The Morgan fingerprint density at radius 1 is 1.13 bits per heavy atom. The number of hydrogen-bond donors (Lipinski definition) is 3. The third kappa shape index (κ3) is 4.82. The predicted octanol–water partition coefficient (Wildman–Crippen LogP) is 3.45. The van der Waals surface area contributed by atoms with E-state index in [1.165, 1.54) is 11.1 Å². The Labute approximate surface area is 178 Å². The standard InChI is InChI=1S/C24H30N4O2/c1-2-25-24(26-15-18-12-13-30-23(18)17-8-4-3-5-9-17)27-16-19-14-22(29)28-21-11-7-6-10-20(19)21/h3-11,18-19,23H,2,12-16H2,1H3,(H,28,29)(H2,25,26,27). The van der Waals surface area contributed by atoms with Crippen molar-refractivity contribution in [1.82, 2.24) is 10.6 Å². The molecule has 3 N–H and O–H groups in total. The third-order valence-electron chi connectivity index (χ3n) is 5.79. The van der Waals surface area contributed by atoms with Crippen LogP contribution >= 0.6 is 0 Å². The van der Waals surface area contributed by atoms with E-state index in [0.29, 0.717) is 25.4 Å². The number of guanidine groups is 1. The first-order valence-corrected chi connectivity index (χ1v) is 10.8. The van der Waals surface area contributed by atoms with Crippen LogP contribution in [-0.4, -0.2) is 38.1 Å². The molecule has 1 saturated heterocycles. The Bertz CT molecular complexity index is 884. The number of carbonyl (C=O) groups excluding carboxylic acids is 1. The molecule has 2 aromatic rings. The number of hydrogen-bond acceptors (Lipinski definition) is 3. The molecule has 2 aliphatic rings. The summed E-state index contributed by atoms with van der Waals surface area (Å²) in [6, 6.07) is 18.4. The van der Waals surface area contributed by atoms with Crippen molar-refractivity contribution in [3.8, 4) is 0 Å². The summed E-state index contributed by atoms with van der Waals surface area (Å²) in [7, 11) is 0. The van der Waals surface area contributed by atoms with Crippen LogP contribution in [0.1, 0.15) is 42.9 Å². The topological polar surface area (TPSA) is 74.8 Å². The summed E-state index contributed by atoms with van der Waals surface area (Å²) in [5.74, 6) is 1.35. The molecule has 0 spiro atoms. The van der Waals surface area contributed by atoms with Gasteiger partial charge in [-0.3, -0.25) is 9.79 Å². The van der Waals surface area contributed by atoms with Crippen LogP contribution < -0.4 is 16.0 Å². The van der Waals surface area contributed by atoms with Crippen molar-refractivity contribution in [3.05, 3.63) is 65.7 Å². The first-order chi connectivity index (χ1) is 14.7. The molecule has 2 aliphatic heterocycles. The molecule has 6 nitrogen and oxygen atoms in total. The zero-order valence-electron chi connectivity index (χ0n) is 17.4. The molecule has 0 aromatic heterocycles. The van der Waals surface area contributed by atoms with E-state index < -0.39 is 0 Å². The lowest BCUT2D eigenvalue weighted by molar-refractivity contribution is -0.116. The van der Waals surface area contributed by atoms with Crippen molar-refractivity contribution in [2.45, 2.75) is 31.8 Å². The van der Waals surface area contributed by atoms with Crippen LogP contribution in [0.5, 0.6) is 0 Å². The first-order valence-electron chi connectivity index (χ1n) is 10.8. The van der Waals surface area contributed by atoms with E-state index in [4.69, 9.17) is 9.73 Å². The largest absolute Gasteiger partial charge is 0.373 e. The fraction of sp³-hybridized carbons (Fsp3) is 0.417. The number of amides is 1. The van der Waals surface area contributed by atoms with E-state index in [9.17, 15) is 4.79 Å². The number of nitrogens with zero attached hydrogens (tertiary/aromatic N) is 1. The van der Waals surface area contributed by atoms with Crippen molar-refractivity contribution in [2.75, 3.05) is 31.6 Å². The van der Waals surface area contributed by atoms with E-state index in [1.807, 2.05) is 24.3 Å². The number of nitrogens with one attached hydrogen (secondary N) is 3. The van der Waals surface area contributed by atoms with Gasteiger partial charge >= 0.3 is 0 Å². The third-order valence-corrected chi connectivity index (χ3v) is 5.79. The molecule has 30 heavy (non-hydrogen) atoms. The van der Waals surface area contributed by atoms with Gasteiger partial charge < -0.3 is 20.7 Å². The summed E-state index contributed by atoms with van der Waals surface area (Å²) in [6.07, 6.45) is 1.60. The molecule has 0 radical (unpaired) electrons. The second-order valence-corrected chi connectivity index (χ2v) is 7.89. The van der Waals surface area contributed by atoms with Crippen LogP contribution in [0.4, 0.5) is 5.69 Å². The molecule has 1 amide bonds. The van der Waals surface area contributed by atoms with Crippen LogP contribution in [0.3, 0.4) is 0 Å². The number of rotatable bonds is 6. The second-order valence-electron chi connectivity index (χ2n) is 7.89. The van der Waals surface area contributed by atoms with Gasteiger partial charge in [-0.05, 0) is 30.5 Å². The lowest BCUT2D eigenvalue weighted by Gasteiger charge is -2.26. The van der Waals surface area contributed by atoms with Crippen molar-refractivity contribution in [2.24, 2.45) is 10.9 Å². The van der Waals surface area contributed by atoms with Gasteiger partial charge in [0.25, 0.3) is 0 Å². The average Bonchev–Trinajstić information content (AvgIpc) is 3.24. The minimum atomic E-state index is 0.0660.